The molecule has 1 aromatic heterocycles. The monoisotopic (exact) mass is 366 g/mol. The standard InChI is InChI=1S/C16H22N4O4S/c1-11-9-25-12(18-11)3-6-17-13(21)14(22)20-7-4-16(5-8-20)10-19(2)15(23)24-16/h9H,3-8,10H2,1-2H3,(H,17,21). The van der Waals surface area contributed by atoms with Gasteiger partial charge in [0, 0.05) is 57.0 Å². The molecule has 2 aliphatic rings. The van der Waals surface area contributed by atoms with E-state index in [1.165, 1.54) is 4.90 Å². The fourth-order valence-corrected chi connectivity index (χ4v) is 3.97. The third-order valence-electron chi connectivity index (χ3n) is 4.59. The summed E-state index contributed by atoms with van der Waals surface area (Å²) in [5.41, 5.74) is 0.449. The van der Waals surface area contributed by atoms with Crippen LogP contribution in [0.4, 0.5) is 4.79 Å². The molecule has 9 heteroatoms. The number of carbonyl (C=O) groups is 3. The summed E-state index contributed by atoms with van der Waals surface area (Å²) in [6.07, 6.45) is 1.40. The van der Waals surface area contributed by atoms with E-state index >= 15 is 0 Å². The number of hydrogen-bond donors (Lipinski definition) is 1. The maximum Gasteiger partial charge on any atom is 0.410 e. The van der Waals surface area contributed by atoms with Crippen LogP contribution in [0.3, 0.4) is 0 Å². The highest BCUT2D eigenvalue weighted by molar-refractivity contribution is 7.09. The van der Waals surface area contributed by atoms with Crippen LogP contribution in [0.2, 0.25) is 0 Å². The van der Waals surface area contributed by atoms with Crippen LogP contribution in [-0.4, -0.2) is 71.5 Å². The summed E-state index contributed by atoms with van der Waals surface area (Å²) in [7, 11) is 1.70. The van der Waals surface area contributed by atoms with Gasteiger partial charge in [-0.1, -0.05) is 0 Å². The number of likely N-dealkylation sites (N-methyl/N-ethyl adjacent to an activating group) is 1. The normalized spacial score (nSPS) is 19.2. The molecule has 2 fully saturated rings. The summed E-state index contributed by atoms with van der Waals surface area (Å²) in [5.74, 6) is -1.12. The minimum atomic E-state index is -0.593. The third-order valence-corrected chi connectivity index (χ3v) is 5.61. The molecular formula is C16H22N4O4S. The summed E-state index contributed by atoms with van der Waals surface area (Å²) >= 11 is 1.55. The molecule has 25 heavy (non-hydrogen) atoms. The van der Waals surface area contributed by atoms with Gasteiger partial charge in [0.2, 0.25) is 0 Å². The molecule has 136 valence electrons. The smallest absolute Gasteiger partial charge is 0.410 e. The van der Waals surface area contributed by atoms with E-state index in [0.717, 1.165) is 10.7 Å². The Morgan fingerprint density at radius 3 is 2.68 bits per heavy atom. The number of likely N-dealkylation sites (tertiary alicyclic amines) is 1. The molecule has 1 spiro atoms. The van der Waals surface area contributed by atoms with Gasteiger partial charge in [-0.25, -0.2) is 9.78 Å². The molecule has 0 aliphatic carbocycles. The maximum absolute atomic E-state index is 12.3. The van der Waals surface area contributed by atoms with Crippen molar-refractivity contribution >= 4 is 29.2 Å². The van der Waals surface area contributed by atoms with E-state index in [-0.39, 0.29) is 6.09 Å². The van der Waals surface area contributed by atoms with Crippen LogP contribution in [-0.2, 0) is 20.7 Å². The first-order valence-corrected chi connectivity index (χ1v) is 9.19. The zero-order valence-corrected chi connectivity index (χ0v) is 15.2. The Morgan fingerprint density at radius 2 is 2.12 bits per heavy atom. The molecule has 8 nitrogen and oxygen atoms in total. The number of rotatable bonds is 3. The largest absolute Gasteiger partial charge is 0.441 e. The van der Waals surface area contributed by atoms with Gasteiger partial charge in [0.15, 0.2) is 0 Å². The molecule has 3 heterocycles. The number of thiazole rings is 1. The Morgan fingerprint density at radius 1 is 1.40 bits per heavy atom. The second-order valence-corrected chi connectivity index (χ2v) is 7.53. The lowest BCUT2D eigenvalue weighted by atomic mass is 9.91. The molecule has 3 rings (SSSR count). The van der Waals surface area contributed by atoms with E-state index in [4.69, 9.17) is 4.74 Å². The van der Waals surface area contributed by atoms with E-state index in [2.05, 4.69) is 10.3 Å². The van der Waals surface area contributed by atoms with Gasteiger partial charge in [-0.15, -0.1) is 11.3 Å². The number of piperidine rings is 1. The molecule has 1 N–H and O–H groups in total. The van der Waals surface area contributed by atoms with Gasteiger partial charge >= 0.3 is 17.9 Å². The number of ether oxygens (including phenoxy) is 1. The zero-order chi connectivity index (χ0) is 18.0. The van der Waals surface area contributed by atoms with Gasteiger partial charge in [-0.2, -0.15) is 0 Å². The molecule has 1 aromatic rings. The van der Waals surface area contributed by atoms with Crippen LogP contribution in [0, 0.1) is 6.92 Å². The van der Waals surface area contributed by atoms with Gasteiger partial charge in [0.25, 0.3) is 0 Å². The van der Waals surface area contributed by atoms with Crippen molar-refractivity contribution in [1.82, 2.24) is 20.1 Å². The predicted octanol–water partition coefficient (Wildman–Crippen LogP) is 0.553. The number of nitrogens with one attached hydrogen (secondary N) is 1. The number of aryl methyl sites for hydroxylation is 1. The first kappa shape index (κ1) is 17.7. The van der Waals surface area contributed by atoms with Crippen molar-refractivity contribution in [2.24, 2.45) is 0 Å². The van der Waals surface area contributed by atoms with Gasteiger partial charge in [0.05, 0.1) is 11.6 Å². The quantitative estimate of drug-likeness (QED) is 0.789. The average Bonchev–Trinajstić information content (AvgIpc) is 3.11. The van der Waals surface area contributed by atoms with E-state index in [0.29, 0.717) is 45.4 Å². The Balaban J connectivity index is 1.44. The summed E-state index contributed by atoms with van der Waals surface area (Å²) in [6.45, 7) is 3.67. The molecule has 2 saturated heterocycles. The minimum Gasteiger partial charge on any atom is -0.441 e. The van der Waals surface area contributed by atoms with Gasteiger partial charge in [-0.3, -0.25) is 9.59 Å². The molecule has 0 aromatic carbocycles. The molecule has 0 radical (unpaired) electrons. The van der Waals surface area contributed by atoms with Gasteiger partial charge < -0.3 is 19.9 Å². The van der Waals surface area contributed by atoms with Crippen molar-refractivity contribution < 1.29 is 19.1 Å². The highest BCUT2D eigenvalue weighted by Gasteiger charge is 2.46. The molecular weight excluding hydrogens is 344 g/mol. The van der Waals surface area contributed by atoms with Crippen molar-refractivity contribution in [3.63, 3.8) is 0 Å². The molecule has 0 unspecified atom stereocenters. The Kier molecular flexibility index (Phi) is 4.94. The third kappa shape index (κ3) is 3.92. The van der Waals surface area contributed by atoms with E-state index in [1.807, 2.05) is 12.3 Å². The van der Waals surface area contributed by atoms with E-state index < -0.39 is 17.4 Å². The lowest BCUT2D eigenvalue weighted by molar-refractivity contribution is -0.148. The lowest BCUT2D eigenvalue weighted by Gasteiger charge is -2.36. The number of nitrogens with zero attached hydrogens (tertiary/aromatic N) is 3. The summed E-state index contributed by atoms with van der Waals surface area (Å²) < 4.78 is 5.45. The number of amides is 3. The van der Waals surface area contributed by atoms with Crippen LogP contribution >= 0.6 is 11.3 Å². The molecule has 0 saturated carbocycles. The molecule has 2 aliphatic heterocycles. The average molecular weight is 366 g/mol. The Labute approximate surface area is 150 Å². The topological polar surface area (TPSA) is 91.8 Å². The fourth-order valence-electron chi connectivity index (χ4n) is 3.19. The Hall–Kier alpha value is -2.16. The lowest BCUT2D eigenvalue weighted by Crippen LogP contribution is -2.52. The summed E-state index contributed by atoms with van der Waals surface area (Å²) in [6, 6.07) is 0. The SMILES string of the molecule is Cc1csc(CCNC(=O)C(=O)N2CCC3(CC2)CN(C)C(=O)O3)n1. The predicted molar refractivity (Wildman–Crippen MR) is 91.2 cm³/mol. The van der Waals surface area contributed by atoms with Gasteiger partial charge in [0.1, 0.15) is 5.60 Å². The number of aromatic nitrogens is 1. The highest BCUT2D eigenvalue weighted by atomic mass is 32.1. The van der Waals surface area contributed by atoms with Crippen molar-refractivity contribution in [2.75, 3.05) is 33.2 Å². The second-order valence-electron chi connectivity index (χ2n) is 6.59. The molecule has 3 amide bonds. The van der Waals surface area contributed by atoms with Crippen LogP contribution in [0.15, 0.2) is 5.38 Å². The van der Waals surface area contributed by atoms with E-state index in [9.17, 15) is 14.4 Å². The second kappa shape index (κ2) is 6.99. The molecule has 0 atom stereocenters. The molecule has 0 bridgehead atoms. The van der Waals surface area contributed by atoms with Crippen LogP contribution < -0.4 is 5.32 Å². The van der Waals surface area contributed by atoms with Crippen molar-refractivity contribution in [1.29, 1.82) is 0 Å². The number of carbonyl (C=O) groups excluding carboxylic acids is 3. The van der Waals surface area contributed by atoms with Crippen molar-refractivity contribution in [2.45, 2.75) is 31.8 Å². The van der Waals surface area contributed by atoms with E-state index in [1.54, 1.807) is 23.3 Å². The highest BCUT2D eigenvalue weighted by Crippen LogP contribution is 2.32. The van der Waals surface area contributed by atoms with Crippen LogP contribution in [0.25, 0.3) is 0 Å². The van der Waals surface area contributed by atoms with Gasteiger partial charge in [-0.05, 0) is 6.92 Å². The zero-order valence-electron chi connectivity index (χ0n) is 14.4. The fraction of sp³-hybridized carbons (Fsp3) is 0.625. The first-order chi connectivity index (χ1) is 11.9. The summed E-state index contributed by atoms with van der Waals surface area (Å²) in [4.78, 5) is 43.3. The first-order valence-electron chi connectivity index (χ1n) is 8.31. The number of hydrogen-bond acceptors (Lipinski definition) is 6. The van der Waals surface area contributed by atoms with Crippen LogP contribution in [0.1, 0.15) is 23.5 Å². The van der Waals surface area contributed by atoms with Crippen LogP contribution in [0.5, 0.6) is 0 Å². The maximum atomic E-state index is 12.3. The summed E-state index contributed by atoms with van der Waals surface area (Å²) in [5, 5.41) is 5.56. The van der Waals surface area contributed by atoms with Crippen molar-refractivity contribution in [3.8, 4) is 0 Å². The Bertz CT molecular complexity index is 681. The van der Waals surface area contributed by atoms with Crippen molar-refractivity contribution in [3.05, 3.63) is 16.1 Å². The minimum absolute atomic E-state index is 0.324.